The fourth-order valence-electron chi connectivity index (χ4n) is 3.06. The van der Waals surface area contributed by atoms with E-state index in [1.807, 2.05) is 12.1 Å². The highest BCUT2D eigenvalue weighted by molar-refractivity contribution is 6.35. The number of benzene rings is 1. The predicted molar refractivity (Wildman–Crippen MR) is 84.7 cm³/mol. The lowest BCUT2D eigenvalue weighted by atomic mass is 10.0. The molecule has 1 aromatic carbocycles. The van der Waals surface area contributed by atoms with Crippen LogP contribution in [0.4, 0.5) is 0 Å². The van der Waals surface area contributed by atoms with Crippen molar-refractivity contribution < 1.29 is 0 Å². The summed E-state index contributed by atoms with van der Waals surface area (Å²) in [6.45, 7) is 9.06. The van der Waals surface area contributed by atoms with Crippen LogP contribution in [0.15, 0.2) is 18.2 Å². The minimum atomic E-state index is 0.349. The normalized spacial score (nSPS) is 23.6. The molecule has 5 heteroatoms. The number of piperazine rings is 1. The first-order chi connectivity index (χ1) is 9.65. The van der Waals surface area contributed by atoms with Crippen molar-refractivity contribution >= 4 is 23.2 Å². The second-order valence-corrected chi connectivity index (χ2v) is 6.57. The van der Waals surface area contributed by atoms with E-state index in [1.165, 1.54) is 5.56 Å². The Morgan fingerprint density at radius 1 is 1.15 bits per heavy atom. The standard InChI is InChI=1S/C15H21Cl2N3/c1-11(14-3-2-12(16)8-15(14)17)19-4-6-20(7-5-19)13-9-18-10-13/h2-3,8,11,13,18H,4-7,9-10H2,1H3. The maximum atomic E-state index is 6.32. The van der Waals surface area contributed by atoms with Gasteiger partial charge < -0.3 is 5.32 Å². The zero-order chi connectivity index (χ0) is 14.1. The van der Waals surface area contributed by atoms with Gasteiger partial charge >= 0.3 is 0 Å². The smallest absolute Gasteiger partial charge is 0.0468 e. The average Bonchev–Trinajstić information content (AvgIpc) is 2.37. The molecule has 1 unspecified atom stereocenters. The van der Waals surface area contributed by atoms with Crippen LogP contribution in [0.25, 0.3) is 0 Å². The summed E-state index contributed by atoms with van der Waals surface area (Å²) < 4.78 is 0. The van der Waals surface area contributed by atoms with E-state index in [2.05, 4.69) is 28.1 Å². The Kier molecular flexibility index (Phi) is 4.53. The van der Waals surface area contributed by atoms with Crippen molar-refractivity contribution in [3.8, 4) is 0 Å². The van der Waals surface area contributed by atoms with Crippen molar-refractivity contribution in [2.75, 3.05) is 39.3 Å². The van der Waals surface area contributed by atoms with E-state index in [0.717, 1.165) is 50.3 Å². The average molecular weight is 314 g/mol. The third kappa shape index (κ3) is 2.97. The molecule has 0 bridgehead atoms. The lowest BCUT2D eigenvalue weighted by Gasteiger charge is -2.44. The number of nitrogens with zero attached hydrogens (tertiary/aromatic N) is 2. The van der Waals surface area contributed by atoms with Crippen LogP contribution in [0, 0.1) is 0 Å². The molecule has 0 amide bonds. The molecule has 3 nitrogen and oxygen atoms in total. The first-order valence-electron chi connectivity index (χ1n) is 7.29. The van der Waals surface area contributed by atoms with Crippen LogP contribution in [-0.4, -0.2) is 55.1 Å². The van der Waals surface area contributed by atoms with Gasteiger partial charge in [0.15, 0.2) is 0 Å². The van der Waals surface area contributed by atoms with Gasteiger partial charge in [-0.25, -0.2) is 0 Å². The maximum absolute atomic E-state index is 6.32. The summed E-state index contributed by atoms with van der Waals surface area (Å²) in [7, 11) is 0. The van der Waals surface area contributed by atoms with Crippen LogP contribution in [-0.2, 0) is 0 Å². The molecule has 2 fully saturated rings. The molecule has 1 atom stereocenters. The van der Waals surface area contributed by atoms with Crippen molar-refractivity contribution in [1.82, 2.24) is 15.1 Å². The van der Waals surface area contributed by atoms with Crippen LogP contribution in [0.3, 0.4) is 0 Å². The molecule has 2 aliphatic heterocycles. The van der Waals surface area contributed by atoms with Crippen molar-refractivity contribution in [3.63, 3.8) is 0 Å². The Morgan fingerprint density at radius 3 is 2.40 bits per heavy atom. The SMILES string of the molecule is CC(c1ccc(Cl)cc1Cl)N1CCN(C2CNC2)CC1. The van der Waals surface area contributed by atoms with Crippen LogP contribution in [0.5, 0.6) is 0 Å². The topological polar surface area (TPSA) is 18.5 Å². The molecule has 3 rings (SSSR count). The summed E-state index contributed by atoms with van der Waals surface area (Å²) in [6, 6.07) is 6.92. The highest BCUT2D eigenvalue weighted by Crippen LogP contribution is 2.30. The minimum Gasteiger partial charge on any atom is -0.314 e. The Bertz CT molecular complexity index is 468. The molecule has 2 saturated heterocycles. The zero-order valence-corrected chi connectivity index (χ0v) is 13.3. The van der Waals surface area contributed by atoms with Crippen molar-refractivity contribution in [1.29, 1.82) is 0 Å². The van der Waals surface area contributed by atoms with Gasteiger partial charge in [-0.2, -0.15) is 0 Å². The molecule has 0 radical (unpaired) electrons. The van der Waals surface area contributed by atoms with E-state index in [1.54, 1.807) is 0 Å². The number of hydrogen-bond acceptors (Lipinski definition) is 3. The molecule has 0 saturated carbocycles. The minimum absolute atomic E-state index is 0.349. The number of nitrogens with one attached hydrogen (secondary N) is 1. The van der Waals surface area contributed by atoms with E-state index in [4.69, 9.17) is 23.2 Å². The van der Waals surface area contributed by atoms with Gasteiger partial charge in [0.25, 0.3) is 0 Å². The van der Waals surface area contributed by atoms with E-state index >= 15 is 0 Å². The van der Waals surface area contributed by atoms with Gasteiger partial charge in [-0.05, 0) is 24.6 Å². The van der Waals surface area contributed by atoms with Gasteiger partial charge in [0, 0.05) is 61.4 Å². The number of halogens is 2. The van der Waals surface area contributed by atoms with E-state index in [-0.39, 0.29) is 0 Å². The van der Waals surface area contributed by atoms with Crippen molar-refractivity contribution in [2.24, 2.45) is 0 Å². The predicted octanol–water partition coefficient (Wildman–Crippen LogP) is 2.64. The Hall–Kier alpha value is -0.320. The summed E-state index contributed by atoms with van der Waals surface area (Å²) in [5.74, 6) is 0. The second kappa shape index (κ2) is 6.20. The highest BCUT2D eigenvalue weighted by Gasteiger charge is 2.29. The van der Waals surface area contributed by atoms with Crippen molar-refractivity contribution in [2.45, 2.75) is 19.0 Å². The molecule has 1 aromatic rings. The fourth-order valence-corrected chi connectivity index (χ4v) is 3.62. The molecular weight excluding hydrogens is 293 g/mol. The third-order valence-corrected chi connectivity index (χ3v) is 5.15. The van der Waals surface area contributed by atoms with Gasteiger partial charge in [0.2, 0.25) is 0 Å². The summed E-state index contributed by atoms with van der Waals surface area (Å²) in [5.41, 5.74) is 1.18. The Labute approximate surface area is 130 Å². The van der Waals surface area contributed by atoms with Gasteiger partial charge in [-0.1, -0.05) is 29.3 Å². The van der Waals surface area contributed by atoms with Crippen LogP contribution in [0.2, 0.25) is 10.0 Å². The quantitative estimate of drug-likeness (QED) is 0.925. The summed E-state index contributed by atoms with van der Waals surface area (Å²) in [6.07, 6.45) is 0. The lowest BCUT2D eigenvalue weighted by Crippen LogP contribution is -2.61. The monoisotopic (exact) mass is 313 g/mol. The lowest BCUT2D eigenvalue weighted by molar-refractivity contribution is 0.0552. The van der Waals surface area contributed by atoms with Crippen LogP contribution in [0.1, 0.15) is 18.5 Å². The summed E-state index contributed by atoms with van der Waals surface area (Å²) >= 11 is 12.3. The molecule has 110 valence electrons. The zero-order valence-electron chi connectivity index (χ0n) is 11.8. The Morgan fingerprint density at radius 2 is 1.85 bits per heavy atom. The first-order valence-corrected chi connectivity index (χ1v) is 8.04. The Balaban J connectivity index is 1.62. The maximum Gasteiger partial charge on any atom is 0.0468 e. The second-order valence-electron chi connectivity index (χ2n) is 5.73. The molecule has 20 heavy (non-hydrogen) atoms. The summed E-state index contributed by atoms with van der Waals surface area (Å²) in [5, 5.41) is 4.82. The molecule has 0 aliphatic carbocycles. The molecule has 2 heterocycles. The van der Waals surface area contributed by atoms with Crippen LogP contribution >= 0.6 is 23.2 Å². The van der Waals surface area contributed by atoms with E-state index in [9.17, 15) is 0 Å². The van der Waals surface area contributed by atoms with E-state index in [0.29, 0.717) is 11.1 Å². The fraction of sp³-hybridized carbons (Fsp3) is 0.600. The summed E-state index contributed by atoms with van der Waals surface area (Å²) in [4.78, 5) is 5.11. The van der Waals surface area contributed by atoms with Crippen LogP contribution < -0.4 is 5.32 Å². The van der Waals surface area contributed by atoms with Gasteiger partial charge in [0.1, 0.15) is 0 Å². The van der Waals surface area contributed by atoms with Gasteiger partial charge in [-0.3, -0.25) is 9.80 Å². The molecule has 1 N–H and O–H groups in total. The van der Waals surface area contributed by atoms with Crippen molar-refractivity contribution in [3.05, 3.63) is 33.8 Å². The first kappa shape index (κ1) is 14.6. The third-order valence-electron chi connectivity index (χ3n) is 4.59. The number of hydrogen-bond donors (Lipinski definition) is 1. The molecule has 0 spiro atoms. The number of rotatable bonds is 3. The largest absolute Gasteiger partial charge is 0.314 e. The molecule has 2 aliphatic rings. The van der Waals surface area contributed by atoms with Gasteiger partial charge in [-0.15, -0.1) is 0 Å². The van der Waals surface area contributed by atoms with E-state index < -0.39 is 0 Å². The molecular formula is C15H21Cl2N3. The molecule has 0 aromatic heterocycles. The highest BCUT2D eigenvalue weighted by atomic mass is 35.5. The van der Waals surface area contributed by atoms with Gasteiger partial charge in [0.05, 0.1) is 0 Å².